The molecule has 0 amide bonds. The molecule has 0 heterocycles. The van der Waals surface area contributed by atoms with Crippen LogP contribution < -0.4 is 30.0 Å². The second-order valence-corrected chi connectivity index (χ2v) is 24.5. The van der Waals surface area contributed by atoms with Gasteiger partial charge in [-0.05, 0) is 59.5 Å². The summed E-state index contributed by atoms with van der Waals surface area (Å²) in [4.78, 5) is 0. The van der Waals surface area contributed by atoms with Crippen molar-refractivity contribution in [1.82, 2.24) is 5.32 Å². The van der Waals surface area contributed by atoms with Crippen LogP contribution in [0.15, 0.2) is 60.7 Å². The van der Waals surface area contributed by atoms with Crippen molar-refractivity contribution in [2.24, 2.45) is 5.73 Å². The molecule has 0 fully saturated rings. The molecule has 0 aliphatic carbocycles. The molecule has 4 N–H and O–H groups in total. The van der Waals surface area contributed by atoms with Gasteiger partial charge in [-0.3, -0.25) is 0 Å². The minimum atomic E-state index is -1.72. The van der Waals surface area contributed by atoms with E-state index in [1.54, 1.807) is 28.4 Å². The number of nitrogens with one attached hydrogen (secondary N) is 1. The van der Waals surface area contributed by atoms with Crippen LogP contribution in [-0.2, 0) is 21.9 Å². The van der Waals surface area contributed by atoms with E-state index in [1.165, 1.54) is 0 Å². The van der Waals surface area contributed by atoms with Crippen LogP contribution in [0, 0.1) is 0 Å². The van der Waals surface area contributed by atoms with Gasteiger partial charge in [-0.25, -0.2) is 0 Å². The van der Waals surface area contributed by atoms with E-state index in [1.807, 2.05) is 36.4 Å². The van der Waals surface area contributed by atoms with Gasteiger partial charge in [0.05, 0.1) is 48.3 Å². The van der Waals surface area contributed by atoms with Crippen molar-refractivity contribution < 1.29 is 32.9 Å². The van der Waals surface area contributed by atoms with Gasteiger partial charge >= 0.3 is 0 Å². The van der Waals surface area contributed by atoms with E-state index in [4.69, 9.17) is 38.6 Å². The van der Waals surface area contributed by atoms with Crippen LogP contribution in [-0.4, -0.2) is 76.5 Å². The molecule has 0 aliphatic rings. The Kier molecular flexibility index (Phi) is 20.4. The molecule has 2 aromatic rings. The minimum Gasteiger partial charge on any atom is -0.497 e. The van der Waals surface area contributed by atoms with E-state index < -0.39 is 16.6 Å². The number of aliphatic hydroxyl groups excluding tert-OH is 1. The van der Waals surface area contributed by atoms with Gasteiger partial charge in [-0.1, -0.05) is 66.8 Å². The highest BCUT2D eigenvalue weighted by atomic mass is 28.4. The van der Waals surface area contributed by atoms with Crippen molar-refractivity contribution in [2.75, 3.05) is 54.8 Å². The second-order valence-electron chi connectivity index (χ2n) is 14.9. The number of hydrogen-bond donors (Lipinski definition) is 3. The summed E-state index contributed by atoms with van der Waals surface area (Å²) in [7, 11) is 3.19. The third-order valence-electron chi connectivity index (χ3n) is 9.01. The van der Waals surface area contributed by atoms with Gasteiger partial charge in [0.2, 0.25) is 0 Å². The summed E-state index contributed by atoms with van der Waals surface area (Å²) in [6.45, 7) is 33.1. The van der Waals surface area contributed by atoms with Crippen molar-refractivity contribution in [3.63, 3.8) is 0 Å². The number of rotatable bonds is 16. The van der Waals surface area contributed by atoms with Crippen LogP contribution in [0.3, 0.4) is 0 Å². The number of benzene rings is 2. The van der Waals surface area contributed by atoms with E-state index in [2.05, 4.69) is 86.2 Å². The number of aliphatic hydroxyl groups is 1. The van der Waals surface area contributed by atoms with Crippen molar-refractivity contribution in [3.8, 4) is 23.0 Å². The first-order valence-corrected chi connectivity index (χ1v) is 22.5. The molecular formula is C38H68N2O7Si2. The molecule has 280 valence electrons. The first-order valence-electron chi connectivity index (χ1n) is 16.7. The summed E-state index contributed by atoms with van der Waals surface area (Å²) in [5.41, 5.74) is 9.39. The van der Waals surface area contributed by atoms with Gasteiger partial charge in [0.15, 0.2) is 16.6 Å². The molecule has 0 spiro atoms. The summed E-state index contributed by atoms with van der Waals surface area (Å²) < 4.78 is 32.8. The van der Waals surface area contributed by atoms with Gasteiger partial charge in [0.1, 0.15) is 23.0 Å². The number of hydrogen-bond acceptors (Lipinski definition) is 9. The van der Waals surface area contributed by atoms with Crippen LogP contribution in [0.25, 0.3) is 0 Å². The monoisotopic (exact) mass is 720 g/mol. The van der Waals surface area contributed by atoms with E-state index in [9.17, 15) is 0 Å². The molecule has 2 aromatic carbocycles. The third kappa shape index (κ3) is 16.7. The van der Waals surface area contributed by atoms with Gasteiger partial charge in [-0.2, -0.15) is 0 Å². The highest BCUT2D eigenvalue weighted by Gasteiger charge is 2.37. The Labute approximate surface area is 300 Å². The van der Waals surface area contributed by atoms with E-state index in [0.717, 1.165) is 51.8 Å². The Bertz CT molecular complexity index is 1290. The lowest BCUT2D eigenvalue weighted by atomic mass is 10.2. The van der Waals surface area contributed by atoms with E-state index in [-0.39, 0.29) is 16.7 Å². The summed E-state index contributed by atoms with van der Waals surface area (Å²) in [6, 6.07) is 11.4. The smallest absolute Gasteiger partial charge is 0.192 e. The van der Waals surface area contributed by atoms with Crippen LogP contribution in [0.2, 0.25) is 36.3 Å². The molecule has 0 bridgehead atoms. The summed E-state index contributed by atoms with van der Waals surface area (Å²) in [6.07, 6.45) is 0. The molecule has 11 heteroatoms. The molecule has 0 aromatic heterocycles. The van der Waals surface area contributed by atoms with Gasteiger partial charge in [0, 0.05) is 42.9 Å². The Hall–Kier alpha value is -2.65. The van der Waals surface area contributed by atoms with Crippen molar-refractivity contribution in [1.29, 1.82) is 0 Å². The summed E-state index contributed by atoms with van der Waals surface area (Å²) >= 11 is 0. The molecule has 0 saturated carbocycles. The summed E-state index contributed by atoms with van der Waals surface area (Å²) in [5, 5.41) is 12.6. The third-order valence-corrected chi connectivity index (χ3v) is 18.0. The van der Waals surface area contributed by atoms with Crippen molar-refractivity contribution >= 4 is 16.6 Å². The largest absolute Gasteiger partial charge is 0.497 e. The fourth-order valence-electron chi connectivity index (χ4n) is 3.49. The maximum absolute atomic E-state index is 8.77. The maximum atomic E-state index is 8.77. The Morgan fingerprint density at radius 1 is 0.694 bits per heavy atom. The first-order chi connectivity index (χ1) is 22.6. The predicted octanol–water partition coefficient (Wildman–Crippen LogP) is 8.09. The molecule has 0 aliphatic heterocycles. The average Bonchev–Trinajstić information content (AvgIpc) is 3.05. The lowest BCUT2D eigenvalue weighted by molar-refractivity contribution is 0.275. The van der Waals surface area contributed by atoms with E-state index in [0.29, 0.717) is 26.3 Å². The molecule has 49 heavy (non-hydrogen) atoms. The standard InChI is InChI=1S/C19H33NO3Si.C10H22O2Si.C9H13NO2/c1-15(14-23-24(7,8)19(2,3)4)12-20-13-16-9-10-17(21-5)11-18(16)22-6;1-9(7-11)8-12-13(5,6)10(2,3)4;1-11-8-4-3-7(6-10)9(5-8)12-2/h9-11,20H,1,12-14H2,2-8H3;11H,1,7-8H2,2-6H3;3-5H,6,10H2,1-2H3. The topological polar surface area (TPSA) is 114 Å². The lowest BCUT2D eigenvalue weighted by Crippen LogP contribution is -2.41. The highest BCUT2D eigenvalue weighted by molar-refractivity contribution is 6.74. The zero-order valence-corrected chi connectivity index (χ0v) is 35.1. The van der Waals surface area contributed by atoms with Gasteiger partial charge in [-0.15, -0.1) is 0 Å². The van der Waals surface area contributed by atoms with Gasteiger partial charge < -0.3 is 44.0 Å². The first kappa shape index (κ1) is 46.4. The minimum absolute atomic E-state index is 0.0224. The Morgan fingerprint density at radius 3 is 1.47 bits per heavy atom. The van der Waals surface area contributed by atoms with Gasteiger partial charge in [0.25, 0.3) is 0 Å². The molecule has 2 rings (SSSR count). The fourth-order valence-corrected chi connectivity index (χ4v) is 5.48. The normalized spacial score (nSPS) is 11.8. The average molecular weight is 721 g/mol. The molecule has 0 unspecified atom stereocenters. The highest BCUT2D eigenvalue weighted by Crippen LogP contribution is 2.37. The lowest BCUT2D eigenvalue weighted by Gasteiger charge is -2.36. The zero-order chi connectivity index (χ0) is 38.1. The van der Waals surface area contributed by atoms with Crippen molar-refractivity contribution in [2.45, 2.75) is 90.9 Å². The molecule has 0 saturated heterocycles. The number of methoxy groups -OCH3 is 4. The van der Waals surface area contributed by atoms with Crippen LogP contribution in [0.5, 0.6) is 23.0 Å². The predicted molar refractivity (Wildman–Crippen MR) is 210 cm³/mol. The second kappa shape index (κ2) is 21.5. The van der Waals surface area contributed by atoms with E-state index >= 15 is 0 Å². The Balaban J connectivity index is 0.000000776. The molecule has 9 nitrogen and oxygen atoms in total. The molecule has 0 atom stereocenters. The quantitative estimate of drug-likeness (QED) is 0.117. The molecular weight excluding hydrogens is 653 g/mol. The van der Waals surface area contributed by atoms with Crippen LogP contribution in [0.4, 0.5) is 0 Å². The van der Waals surface area contributed by atoms with Crippen molar-refractivity contribution in [3.05, 3.63) is 71.8 Å². The number of ether oxygens (including phenoxy) is 4. The maximum Gasteiger partial charge on any atom is 0.192 e. The van der Waals surface area contributed by atoms with Crippen LogP contribution >= 0.6 is 0 Å². The zero-order valence-electron chi connectivity index (χ0n) is 33.1. The fraction of sp³-hybridized carbons (Fsp3) is 0.579. The Morgan fingerprint density at radius 2 is 1.10 bits per heavy atom. The summed E-state index contributed by atoms with van der Waals surface area (Å²) in [5.74, 6) is 3.17. The number of nitrogens with two attached hydrogens (primary N) is 1. The SMILES string of the molecule is C=C(CNCc1ccc(OC)cc1OC)CO[Si](C)(C)C(C)(C)C.C=C(CO)CO[Si](C)(C)C(C)(C)C.COc1ccc(CN)c(OC)c1. The van der Waals surface area contributed by atoms with Crippen LogP contribution in [0.1, 0.15) is 52.7 Å². The molecule has 0 radical (unpaired) electrons.